The summed E-state index contributed by atoms with van der Waals surface area (Å²) >= 11 is 1.95. The molecule has 0 spiro atoms. The Bertz CT molecular complexity index is 371. The Kier molecular flexibility index (Phi) is 3.53. The van der Waals surface area contributed by atoms with E-state index in [1.54, 1.807) is 10.4 Å². The molecule has 2 aliphatic carbocycles. The van der Waals surface area contributed by atoms with E-state index in [9.17, 15) is 0 Å². The second-order valence-corrected chi connectivity index (χ2v) is 6.78. The molecule has 0 aromatic carbocycles. The molecule has 94 valence electrons. The van der Waals surface area contributed by atoms with Gasteiger partial charge in [-0.3, -0.25) is 0 Å². The maximum Gasteiger partial charge on any atom is 0.0333 e. The van der Waals surface area contributed by atoms with E-state index in [1.807, 2.05) is 11.3 Å². The fraction of sp³-hybridized carbons (Fsp3) is 0.733. The highest BCUT2D eigenvalue weighted by Crippen LogP contribution is 2.35. The molecule has 0 radical (unpaired) electrons. The van der Waals surface area contributed by atoms with Gasteiger partial charge in [-0.15, -0.1) is 11.3 Å². The summed E-state index contributed by atoms with van der Waals surface area (Å²) in [5.41, 5.74) is 1.61. The van der Waals surface area contributed by atoms with Crippen molar-refractivity contribution in [3.05, 3.63) is 21.9 Å². The van der Waals surface area contributed by atoms with Crippen molar-refractivity contribution in [2.45, 2.75) is 64.0 Å². The topological polar surface area (TPSA) is 12.0 Å². The van der Waals surface area contributed by atoms with Gasteiger partial charge in [0.1, 0.15) is 0 Å². The van der Waals surface area contributed by atoms with Crippen molar-refractivity contribution in [2.24, 2.45) is 5.92 Å². The fourth-order valence-electron chi connectivity index (χ4n) is 3.48. The second-order valence-electron chi connectivity index (χ2n) is 5.78. The van der Waals surface area contributed by atoms with E-state index in [1.165, 1.54) is 44.9 Å². The quantitative estimate of drug-likeness (QED) is 0.824. The van der Waals surface area contributed by atoms with Crippen LogP contribution in [0.1, 0.15) is 61.9 Å². The Hall–Kier alpha value is -0.340. The van der Waals surface area contributed by atoms with Gasteiger partial charge in [0.2, 0.25) is 0 Å². The predicted octanol–water partition coefficient (Wildman–Crippen LogP) is 4.29. The molecule has 3 unspecified atom stereocenters. The van der Waals surface area contributed by atoms with Gasteiger partial charge < -0.3 is 5.32 Å². The average Bonchev–Trinajstić information content (AvgIpc) is 2.81. The lowest BCUT2D eigenvalue weighted by Crippen LogP contribution is -2.40. The van der Waals surface area contributed by atoms with Crippen LogP contribution in [0, 0.1) is 5.92 Å². The van der Waals surface area contributed by atoms with E-state index in [4.69, 9.17) is 0 Å². The van der Waals surface area contributed by atoms with Gasteiger partial charge in [-0.1, -0.05) is 19.8 Å². The van der Waals surface area contributed by atoms with Gasteiger partial charge in [0, 0.05) is 17.0 Å². The number of hydrogen-bond donors (Lipinski definition) is 1. The number of rotatable bonds is 2. The van der Waals surface area contributed by atoms with Crippen LogP contribution in [-0.4, -0.2) is 6.04 Å². The minimum atomic E-state index is 0.649. The standard InChI is InChI=1S/C15H23NS/c1-11-5-2-3-6-13(11)16-14-7-4-8-15-12(14)9-10-17-15/h9-11,13-14,16H,2-8H2,1H3. The SMILES string of the molecule is CC1CCCCC1NC1CCCc2sccc21. The first-order chi connectivity index (χ1) is 8.34. The van der Waals surface area contributed by atoms with Gasteiger partial charge in [0.15, 0.2) is 0 Å². The molecule has 1 aromatic heterocycles. The van der Waals surface area contributed by atoms with Crippen LogP contribution in [0.4, 0.5) is 0 Å². The van der Waals surface area contributed by atoms with Gasteiger partial charge in [-0.05, 0) is 55.0 Å². The van der Waals surface area contributed by atoms with Crippen molar-refractivity contribution in [1.29, 1.82) is 0 Å². The van der Waals surface area contributed by atoms with Crippen LogP contribution in [-0.2, 0) is 6.42 Å². The molecular weight excluding hydrogens is 226 g/mol. The normalized spacial score (nSPS) is 33.4. The van der Waals surface area contributed by atoms with E-state index in [0.717, 1.165) is 12.0 Å². The molecule has 17 heavy (non-hydrogen) atoms. The van der Waals surface area contributed by atoms with Crippen molar-refractivity contribution in [3.8, 4) is 0 Å². The molecule has 2 aliphatic rings. The van der Waals surface area contributed by atoms with Crippen LogP contribution in [0.15, 0.2) is 11.4 Å². The van der Waals surface area contributed by atoms with Crippen LogP contribution in [0.5, 0.6) is 0 Å². The first-order valence-corrected chi connectivity index (χ1v) is 8.05. The molecule has 3 rings (SSSR count). The molecule has 1 nitrogen and oxygen atoms in total. The number of fused-ring (bicyclic) bond motifs is 1. The zero-order chi connectivity index (χ0) is 11.7. The Morgan fingerprint density at radius 2 is 2.06 bits per heavy atom. The van der Waals surface area contributed by atoms with Crippen molar-refractivity contribution in [2.75, 3.05) is 0 Å². The van der Waals surface area contributed by atoms with E-state index < -0.39 is 0 Å². The smallest absolute Gasteiger partial charge is 0.0333 e. The Balaban J connectivity index is 1.70. The Morgan fingerprint density at radius 1 is 1.18 bits per heavy atom. The number of hydrogen-bond acceptors (Lipinski definition) is 2. The van der Waals surface area contributed by atoms with Gasteiger partial charge in [0.05, 0.1) is 0 Å². The van der Waals surface area contributed by atoms with Crippen LogP contribution in [0.2, 0.25) is 0 Å². The minimum Gasteiger partial charge on any atom is -0.307 e. The highest BCUT2D eigenvalue weighted by Gasteiger charge is 2.27. The van der Waals surface area contributed by atoms with Gasteiger partial charge in [-0.25, -0.2) is 0 Å². The molecular formula is C15H23NS. The highest BCUT2D eigenvalue weighted by molar-refractivity contribution is 7.10. The summed E-state index contributed by atoms with van der Waals surface area (Å²) in [6, 6.07) is 3.76. The molecule has 2 heteroatoms. The average molecular weight is 249 g/mol. The van der Waals surface area contributed by atoms with Crippen molar-refractivity contribution in [3.63, 3.8) is 0 Å². The lowest BCUT2D eigenvalue weighted by atomic mass is 9.84. The third-order valence-corrected chi connectivity index (χ3v) is 5.58. The summed E-state index contributed by atoms with van der Waals surface area (Å²) in [6.45, 7) is 2.42. The summed E-state index contributed by atoms with van der Waals surface area (Å²) in [6.07, 6.45) is 9.68. The molecule has 1 aromatic rings. The second kappa shape index (κ2) is 5.11. The van der Waals surface area contributed by atoms with E-state index in [-0.39, 0.29) is 0 Å². The number of thiophene rings is 1. The first-order valence-electron chi connectivity index (χ1n) is 7.17. The molecule has 0 aliphatic heterocycles. The van der Waals surface area contributed by atoms with Crippen molar-refractivity contribution >= 4 is 11.3 Å². The van der Waals surface area contributed by atoms with Gasteiger partial charge in [0.25, 0.3) is 0 Å². The third kappa shape index (κ3) is 2.43. The molecule has 1 saturated carbocycles. The van der Waals surface area contributed by atoms with Crippen molar-refractivity contribution in [1.82, 2.24) is 5.32 Å². The molecule has 1 heterocycles. The third-order valence-electron chi connectivity index (χ3n) is 4.58. The van der Waals surface area contributed by atoms with Crippen molar-refractivity contribution < 1.29 is 0 Å². The summed E-state index contributed by atoms with van der Waals surface area (Å²) < 4.78 is 0. The summed E-state index contributed by atoms with van der Waals surface area (Å²) in [7, 11) is 0. The molecule has 3 atom stereocenters. The molecule has 1 fully saturated rings. The lowest BCUT2D eigenvalue weighted by molar-refractivity contribution is 0.250. The first kappa shape index (κ1) is 11.7. The van der Waals surface area contributed by atoms with Crippen LogP contribution >= 0.6 is 11.3 Å². The van der Waals surface area contributed by atoms with E-state index >= 15 is 0 Å². The number of nitrogens with one attached hydrogen (secondary N) is 1. The summed E-state index contributed by atoms with van der Waals surface area (Å²) in [5, 5.41) is 6.23. The largest absolute Gasteiger partial charge is 0.307 e. The Morgan fingerprint density at radius 3 is 2.94 bits per heavy atom. The highest BCUT2D eigenvalue weighted by atomic mass is 32.1. The van der Waals surface area contributed by atoms with Crippen LogP contribution in [0.25, 0.3) is 0 Å². The van der Waals surface area contributed by atoms with Gasteiger partial charge in [-0.2, -0.15) is 0 Å². The lowest BCUT2D eigenvalue weighted by Gasteiger charge is -2.35. The molecule has 0 bridgehead atoms. The molecule has 0 amide bonds. The molecule has 1 N–H and O–H groups in total. The maximum absolute atomic E-state index is 3.96. The Labute approximate surface area is 109 Å². The summed E-state index contributed by atoms with van der Waals surface area (Å²) in [4.78, 5) is 1.64. The zero-order valence-electron chi connectivity index (χ0n) is 10.7. The van der Waals surface area contributed by atoms with Gasteiger partial charge >= 0.3 is 0 Å². The van der Waals surface area contributed by atoms with Crippen LogP contribution in [0.3, 0.4) is 0 Å². The van der Waals surface area contributed by atoms with E-state index in [0.29, 0.717) is 6.04 Å². The predicted molar refractivity (Wildman–Crippen MR) is 74.6 cm³/mol. The summed E-state index contributed by atoms with van der Waals surface area (Å²) in [5.74, 6) is 0.868. The fourth-order valence-corrected chi connectivity index (χ4v) is 4.47. The number of aryl methyl sites for hydroxylation is 1. The molecule has 0 saturated heterocycles. The maximum atomic E-state index is 3.96. The zero-order valence-corrected chi connectivity index (χ0v) is 11.6. The monoisotopic (exact) mass is 249 g/mol. The van der Waals surface area contributed by atoms with Crippen LogP contribution < -0.4 is 5.32 Å². The van der Waals surface area contributed by atoms with E-state index in [2.05, 4.69) is 23.7 Å². The minimum absolute atomic E-state index is 0.649.